The Balaban J connectivity index is 1.98. The lowest BCUT2D eigenvalue weighted by atomic mass is 9.85. The van der Waals surface area contributed by atoms with E-state index >= 15 is 0 Å². The molecule has 2 aromatic carbocycles. The van der Waals surface area contributed by atoms with E-state index < -0.39 is 5.54 Å². The minimum absolute atomic E-state index is 0.0958. The van der Waals surface area contributed by atoms with Crippen molar-refractivity contribution in [2.45, 2.75) is 12.1 Å². The van der Waals surface area contributed by atoms with Crippen molar-refractivity contribution in [3.05, 3.63) is 65.5 Å². The van der Waals surface area contributed by atoms with Gasteiger partial charge in [-0.2, -0.15) is 0 Å². The third-order valence-electron chi connectivity index (χ3n) is 3.64. The number of hydrogen-bond acceptors (Lipinski definition) is 3. The number of fused-ring (bicyclic) bond motifs is 1. The van der Waals surface area contributed by atoms with Gasteiger partial charge in [0.1, 0.15) is 11.4 Å². The van der Waals surface area contributed by atoms with Gasteiger partial charge in [-0.15, -0.1) is 0 Å². The van der Waals surface area contributed by atoms with Crippen molar-refractivity contribution in [2.75, 3.05) is 18.5 Å². The van der Waals surface area contributed by atoms with Crippen LogP contribution in [-0.4, -0.2) is 18.3 Å². The monoisotopic (exact) mass is 273 g/mol. The molecule has 1 atom stereocenters. The molecule has 2 aromatic rings. The molecular formula is C16H16FNO2. The van der Waals surface area contributed by atoms with Gasteiger partial charge in [0, 0.05) is 5.69 Å². The topological polar surface area (TPSA) is 41.5 Å². The Morgan fingerprint density at radius 1 is 1.15 bits per heavy atom. The zero-order valence-electron chi connectivity index (χ0n) is 11.0. The Bertz CT molecular complexity index is 600. The number of rotatable bonds is 3. The molecule has 104 valence electrons. The van der Waals surface area contributed by atoms with Crippen LogP contribution in [0.15, 0.2) is 48.5 Å². The van der Waals surface area contributed by atoms with E-state index in [-0.39, 0.29) is 12.4 Å². The molecule has 0 radical (unpaired) electrons. The van der Waals surface area contributed by atoms with Crippen molar-refractivity contribution in [1.82, 2.24) is 0 Å². The summed E-state index contributed by atoms with van der Waals surface area (Å²) in [4.78, 5) is 0. The molecular weight excluding hydrogens is 257 g/mol. The van der Waals surface area contributed by atoms with E-state index in [1.165, 1.54) is 12.1 Å². The van der Waals surface area contributed by atoms with E-state index in [4.69, 9.17) is 4.74 Å². The number of hydrogen-bond donors (Lipinski definition) is 2. The summed E-state index contributed by atoms with van der Waals surface area (Å²) in [6, 6.07) is 14.0. The average molecular weight is 273 g/mol. The van der Waals surface area contributed by atoms with Gasteiger partial charge >= 0.3 is 0 Å². The van der Waals surface area contributed by atoms with Gasteiger partial charge in [-0.25, -0.2) is 4.39 Å². The average Bonchev–Trinajstić information content (AvgIpc) is 2.50. The molecule has 0 fully saturated rings. The molecule has 0 amide bonds. The second kappa shape index (κ2) is 5.23. The van der Waals surface area contributed by atoms with Crippen molar-refractivity contribution in [3.63, 3.8) is 0 Å². The summed E-state index contributed by atoms with van der Waals surface area (Å²) >= 11 is 0. The molecule has 3 nitrogen and oxygen atoms in total. The molecule has 0 saturated heterocycles. The predicted molar refractivity (Wildman–Crippen MR) is 74.9 cm³/mol. The highest BCUT2D eigenvalue weighted by Crippen LogP contribution is 2.33. The summed E-state index contributed by atoms with van der Waals surface area (Å²) in [5, 5.41) is 13.2. The van der Waals surface area contributed by atoms with E-state index in [2.05, 4.69) is 5.32 Å². The molecule has 20 heavy (non-hydrogen) atoms. The largest absolute Gasteiger partial charge is 0.393 e. The van der Waals surface area contributed by atoms with Crippen molar-refractivity contribution in [1.29, 1.82) is 0 Å². The second-order valence-corrected chi connectivity index (χ2v) is 5.02. The summed E-state index contributed by atoms with van der Waals surface area (Å²) in [7, 11) is 0. The SMILES string of the molecule is OCC1(Nc2ccc(F)cc2)COCc2ccccc21. The Morgan fingerprint density at radius 2 is 1.90 bits per heavy atom. The van der Waals surface area contributed by atoms with Crippen LogP contribution in [0.1, 0.15) is 11.1 Å². The number of aliphatic hydroxyl groups excluding tert-OH is 1. The fourth-order valence-electron chi connectivity index (χ4n) is 2.61. The van der Waals surface area contributed by atoms with E-state index in [0.29, 0.717) is 13.2 Å². The number of anilines is 1. The zero-order chi connectivity index (χ0) is 14.0. The number of aliphatic hydroxyl groups is 1. The highest BCUT2D eigenvalue weighted by molar-refractivity contribution is 5.50. The number of nitrogens with one attached hydrogen (secondary N) is 1. The smallest absolute Gasteiger partial charge is 0.123 e. The minimum atomic E-state index is -0.688. The van der Waals surface area contributed by atoms with Crippen molar-refractivity contribution >= 4 is 5.69 Å². The fourth-order valence-corrected chi connectivity index (χ4v) is 2.61. The van der Waals surface area contributed by atoms with Gasteiger partial charge in [-0.3, -0.25) is 0 Å². The van der Waals surface area contributed by atoms with Gasteiger partial charge in [0.15, 0.2) is 0 Å². The predicted octanol–water partition coefficient (Wildman–Crippen LogP) is 2.66. The number of ether oxygens (including phenoxy) is 1. The Kier molecular flexibility index (Phi) is 3.42. The normalized spacial score (nSPS) is 21.3. The maximum atomic E-state index is 13.0. The quantitative estimate of drug-likeness (QED) is 0.903. The molecule has 1 aliphatic rings. The molecule has 3 rings (SSSR count). The highest BCUT2D eigenvalue weighted by atomic mass is 19.1. The lowest BCUT2D eigenvalue weighted by molar-refractivity contribution is 0.0357. The Morgan fingerprint density at radius 3 is 2.65 bits per heavy atom. The van der Waals surface area contributed by atoms with E-state index in [1.54, 1.807) is 12.1 Å². The summed E-state index contributed by atoms with van der Waals surface area (Å²) in [5.41, 5.74) is 2.15. The van der Waals surface area contributed by atoms with E-state index in [9.17, 15) is 9.50 Å². The van der Waals surface area contributed by atoms with Crippen molar-refractivity contribution < 1.29 is 14.2 Å². The first kappa shape index (κ1) is 13.1. The first-order chi connectivity index (χ1) is 9.73. The molecule has 1 aliphatic heterocycles. The first-order valence-corrected chi connectivity index (χ1v) is 6.54. The van der Waals surface area contributed by atoms with Gasteiger partial charge < -0.3 is 15.2 Å². The van der Waals surface area contributed by atoms with Crippen LogP contribution in [0.3, 0.4) is 0 Å². The molecule has 2 N–H and O–H groups in total. The van der Waals surface area contributed by atoms with Crippen LogP contribution < -0.4 is 5.32 Å². The van der Waals surface area contributed by atoms with E-state index in [1.807, 2.05) is 24.3 Å². The summed E-state index contributed by atoms with van der Waals surface area (Å²) in [5.74, 6) is -0.283. The first-order valence-electron chi connectivity index (χ1n) is 6.54. The van der Waals surface area contributed by atoms with Gasteiger partial charge in [0.05, 0.1) is 19.8 Å². The van der Waals surface area contributed by atoms with Gasteiger partial charge in [0.25, 0.3) is 0 Å². The van der Waals surface area contributed by atoms with E-state index in [0.717, 1.165) is 16.8 Å². The van der Waals surface area contributed by atoms with Crippen LogP contribution in [0.25, 0.3) is 0 Å². The van der Waals surface area contributed by atoms with Crippen molar-refractivity contribution in [3.8, 4) is 0 Å². The lowest BCUT2D eigenvalue weighted by Gasteiger charge is -2.39. The minimum Gasteiger partial charge on any atom is -0.393 e. The molecule has 0 saturated carbocycles. The number of benzene rings is 2. The lowest BCUT2D eigenvalue weighted by Crippen LogP contribution is -2.46. The summed E-state index contributed by atoms with van der Waals surface area (Å²) in [6.45, 7) is 0.822. The standard InChI is InChI=1S/C16H16FNO2/c17-13-5-7-14(8-6-13)18-16(10-19)11-20-9-12-3-1-2-4-15(12)16/h1-8,18-19H,9-11H2. The summed E-state index contributed by atoms with van der Waals surface area (Å²) < 4.78 is 18.6. The van der Waals surface area contributed by atoms with Gasteiger partial charge in [-0.1, -0.05) is 24.3 Å². The molecule has 1 heterocycles. The Labute approximate surface area is 117 Å². The van der Waals surface area contributed by atoms with Crippen LogP contribution in [0.4, 0.5) is 10.1 Å². The van der Waals surface area contributed by atoms with Crippen LogP contribution in [0, 0.1) is 5.82 Å². The second-order valence-electron chi connectivity index (χ2n) is 5.02. The molecule has 0 spiro atoms. The molecule has 0 aliphatic carbocycles. The third kappa shape index (κ3) is 2.28. The zero-order valence-corrected chi connectivity index (χ0v) is 11.0. The summed E-state index contributed by atoms with van der Waals surface area (Å²) in [6.07, 6.45) is 0. The highest BCUT2D eigenvalue weighted by Gasteiger charge is 2.36. The molecule has 0 bridgehead atoms. The maximum absolute atomic E-state index is 13.0. The van der Waals surface area contributed by atoms with Crippen LogP contribution in [0.5, 0.6) is 0 Å². The van der Waals surface area contributed by atoms with Gasteiger partial charge in [0.2, 0.25) is 0 Å². The Hall–Kier alpha value is -1.91. The maximum Gasteiger partial charge on any atom is 0.123 e. The molecule has 4 heteroatoms. The van der Waals surface area contributed by atoms with Crippen LogP contribution >= 0.6 is 0 Å². The third-order valence-corrected chi connectivity index (χ3v) is 3.64. The van der Waals surface area contributed by atoms with Crippen molar-refractivity contribution in [2.24, 2.45) is 0 Å². The van der Waals surface area contributed by atoms with Crippen LogP contribution in [0.2, 0.25) is 0 Å². The van der Waals surface area contributed by atoms with Gasteiger partial charge in [-0.05, 0) is 35.4 Å². The molecule has 1 unspecified atom stereocenters. The fraction of sp³-hybridized carbons (Fsp3) is 0.250. The van der Waals surface area contributed by atoms with Crippen LogP contribution in [-0.2, 0) is 16.9 Å². The molecule has 0 aromatic heterocycles. The number of halogens is 1.